The molecule has 0 aliphatic carbocycles. The molecule has 0 unspecified atom stereocenters. The maximum atomic E-state index is 11.9. The van der Waals surface area contributed by atoms with Gasteiger partial charge in [0.1, 0.15) is 17.2 Å². The Hall–Kier alpha value is -2.75. The average molecular weight is 312 g/mol. The van der Waals surface area contributed by atoms with Crippen LogP contribution in [-0.2, 0) is 11.2 Å². The van der Waals surface area contributed by atoms with Crippen LogP contribution in [0.4, 0.5) is 0 Å². The summed E-state index contributed by atoms with van der Waals surface area (Å²) in [6.07, 6.45) is 0.114. The van der Waals surface area contributed by atoms with Crippen LogP contribution in [-0.4, -0.2) is 16.2 Å². The fraction of sp³-hybridized carbons (Fsp3) is 0.211. The smallest absolute Gasteiger partial charge is 0.315 e. The summed E-state index contributed by atoms with van der Waals surface area (Å²) >= 11 is 0. The Morgan fingerprint density at radius 1 is 1.13 bits per heavy atom. The van der Waals surface area contributed by atoms with Gasteiger partial charge in [0.15, 0.2) is 0 Å². The van der Waals surface area contributed by atoms with Crippen molar-refractivity contribution in [3.8, 4) is 17.2 Å². The number of allylic oxidation sites excluding steroid dienone is 1. The van der Waals surface area contributed by atoms with E-state index in [1.54, 1.807) is 0 Å². The van der Waals surface area contributed by atoms with Crippen LogP contribution >= 0.6 is 0 Å². The molecule has 0 heterocycles. The van der Waals surface area contributed by atoms with Crippen molar-refractivity contribution in [3.63, 3.8) is 0 Å². The van der Waals surface area contributed by atoms with E-state index in [1.807, 2.05) is 44.2 Å². The highest BCUT2D eigenvalue weighted by atomic mass is 16.5. The van der Waals surface area contributed by atoms with Crippen LogP contribution in [0, 0.1) is 5.92 Å². The van der Waals surface area contributed by atoms with Crippen molar-refractivity contribution in [3.05, 3.63) is 60.2 Å². The van der Waals surface area contributed by atoms with Crippen LogP contribution in [0.5, 0.6) is 17.2 Å². The average Bonchev–Trinajstić information content (AvgIpc) is 2.47. The van der Waals surface area contributed by atoms with Crippen LogP contribution in [0.2, 0.25) is 0 Å². The van der Waals surface area contributed by atoms with Gasteiger partial charge in [-0.15, -0.1) is 0 Å². The zero-order valence-electron chi connectivity index (χ0n) is 13.2. The number of rotatable bonds is 5. The molecular weight excluding hydrogens is 292 g/mol. The summed E-state index contributed by atoms with van der Waals surface area (Å²) < 4.78 is 5.19. The molecule has 0 spiro atoms. The Bertz CT molecular complexity index is 694. The number of carbonyl (C=O) groups excluding carboxylic acids is 1. The van der Waals surface area contributed by atoms with Crippen molar-refractivity contribution in [1.82, 2.24) is 0 Å². The third-order valence-electron chi connectivity index (χ3n) is 3.51. The van der Waals surface area contributed by atoms with Crippen LogP contribution in [0.15, 0.2) is 49.0 Å². The molecule has 4 nitrogen and oxygen atoms in total. The summed E-state index contributed by atoms with van der Waals surface area (Å²) in [5, 5.41) is 20.2. The highest BCUT2D eigenvalue weighted by Crippen LogP contribution is 2.39. The number of hydrogen-bond acceptors (Lipinski definition) is 4. The van der Waals surface area contributed by atoms with E-state index < -0.39 is 5.97 Å². The van der Waals surface area contributed by atoms with Gasteiger partial charge in [0.25, 0.3) is 0 Å². The van der Waals surface area contributed by atoms with E-state index in [9.17, 15) is 15.0 Å². The second kappa shape index (κ2) is 7.01. The number of esters is 1. The van der Waals surface area contributed by atoms with Crippen LogP contribution in [0.1, 0.15) is 25.0 Å². The minimum Gasteiger partial charge on any atom is -0.507 e. The summed E-state index contributed by atoms with van der Waals surface area (Å²) in [4.78, 5) is 11.9. The van der Waals surface area contributed by atoms with Crippen molar-refractivity contribution in [1.29, 1.82) is 0 Å². The van der Waals surface area contributed by atoms with E-state index in [4.69, 9.17) is 4.74 Å². The van der Waals surface area contributed by atoms with Crippen molar-refractivity contribution >= 4 is 11.5 Å². The molecule has 120 valence electrons. The zero-order valence-corrected chi connectivity index (χ0v) is 13.2. The number of ether oxygens (including phenoxy) is 1. The Kier molecular flexibility index (Phi) is 5.06. The van der Waals surface area contributed by atoms with Gasteiger partial charge >= 0.3 is 5.97 Å². The first kappa shape index (κ1) is 16.6. The molecule has 0 saturated carbocycles. The molecule has 0 aromatic heterocycles. The summed E-state index contributed by atoms with van der Waals surface area (Å²) in [5.74, 6) is -0.623. The third kappa shape index (κ3) is 4.13. The number of benzene rings is 2. The Morgan fingerprint density at radius 3 is 2.22 bits per heavy atom. The maximum Gasteiger partial charge on any atom is 0.315 e. The second-order valence-corrected chi connectivity index (χ2v) is 5.65. The van der Waals surface area contributed by atoms with Gasteiger partial charge in [-0.2, -0.15) is 0 Å². The quantitative estimate of drug-likeness (QED) is 0.649. The molecule has 0 fully saturated rings. The Morgan fingerprint density at radius 2 is 1.70 bits per heavy atom. The normalized spacial score (nSPS) is 10.6. The molecule has 0 bridgehead atoms. The van der Waals surface area contributed by atoms with Crippen molar-refractivity contribution in [2.24, 2.45) is 5.92 Å². The lowest BCUT2D eigenvalue weighted by molar-refractivity contribution is -0.133. The number of aromatic hydroxyl groups is 2. The number of carbonyl (C=O) groups is 1. The Balaban J connectivity index is 2.15. The molecule has 0 radical (unpaired) electrons. The molecule has 0 saturated heterocycles. The van der Waals surface area contributed by atoms with Gasteiger partial charge < -0.3 is 14.9 Å². The first-order valence-corrected chi connectivity index (χ1v) is 7.38. The fourth-order valence-electron chi connectivity index (χ4n) is 2.19. The lowest BCUT2D eigenvalue weighted by Gasteiger charge is -2.14. The molecule has 2 aromatic carbocycles. The molecule has 0 amide bonds. The fourth-order valence-corrected chi connectivity index (χ4v) is 2.19. The number of phenols is 2. The van der Waals surface area contributed by atoms with Crippen molar-refractivity contribution < 1.29 is 19.7 Å². The predicted molar refractivity (Wildman–Crippen MR) is 89.4 cm³/mol. The molecular formula is C19H20O4. The first-order chi connectivity index (χ1) is 10.9. The minimum atomic E-state index is -0.467. The summed E-state index contributed by atoms with van der Waals surface area (Å²) in [6, 6.07) is 11.8. The largest absolute Gasteiger partial charge is 0.507 e. The van der Waals surface area contributed by atoms with Gasteiger partial charge in [-0.3, -0.25) is 4.79 Å². The molecule has 2 rings (SSSR count). The van der Waals surface area contributed by atoms with E-state index in [-0.39, 0.29) is 35.2 Å². The minimum absolute atomic E-state index is 0.0679. The third-order valence-corrected chi connectivity index (χ3v) is 3.51. The predicted octanol–water partition coefficient (Wildman–Crippen LogP) is 3.92. The molecule has 23 heavy (non-hydrogen) atoms. The molecule has 2 N–H and O–H groups in total. The van der Waals surface area contributed by atoms with E-state index >= 15 is 0 Å². The lowest BCUT2D eigenvalue weighted by atomic mass is 9.95. The van der Waals surface area contributed by atoms with Gasteiger partial charge in [-0.05, 0) is 17.1 Å². The molecule has 2 aromatic rings. The summed E-state index contributed by atoms with van der Waals surface area (Å²) in [5.41, 5.74) is 1.72. The highest BCUT2D eigenvalue weighted by Gasteiger charge is 2.17. The highest BCUT2D eigenvalue weighted by molar-refractivity contribution is 5.78. The van der Waals surface area contributed by atoms with Gasteiger partial charge in [-0.1, -0.05) is 50.8 Å². The Labute approximate surface area is 135 Å². The number of phenolic OH excluding ortho intramolecular Hbond substituents is 2. The maximum absolute atomic E-state index is 11.9. The van der Waals surface area contributed by atoms with E-state index in [1.165, 1.54) is 12.1 Å². The monoisotopic (exact) mass is 312 g/mol. The first-order valence-electron chi connectivity index (χ1n) is 7.38. The topological polar surface area (TPSA) is 66.8 Å². The van der Waals surface area contributed by atoms with Crippen LogP contribution in [0.25, 0.3) is 5.57 Å². The van der Waals surface area contributed by atoms with Gasteiger partial charge in [-0.25, -0.2) is 0 Å². The van der Waals surface area contributed by atoms with Crippen molar-refractivity contribution in [2.45, 2.75) is 20.3 Å². The van der Waals surface area contributed by atoms with Crippen LogP contribution < -0.4 is 4.74 Å². The summed E-state index contributed by atoms with van der Waals surface area (Å²) in [6.45, 7) is 7.69. The van der Waals surface area contributed by atoms with Gasteiger partial charge in [0, 0.05) is 12.1 Å². The van der Waals surface area contributed by atoms with E-state index in [0.717, 1.165) is 5.56 Å². The molecule has 0 atom stereocenters. The van der Waals surface area contributed by atoms with E-state index in [0.29, 0.717) is 5.57 Å². The molecule has 4 heteroatoms. The van der Waals surface area contributed by atoms with Crippen LogP contribution in [0.3, 0.4) is 0 Å². The SMILES string of the molecule is C=C(c1c(O)cc(OC(=O)Cc2ccccc2)cc1O)C(C)C. The standard InChI is InChI=1S/C19H20O4/c1-12(2)13(3)19-16(20)10-15(11-17(19)21)23-18(22)9-14-7-5-4-6-8-14/h4-8,10-12,20-21H,3,9H2,1-2H3. The second-order valence-electron chi connectivity index (χ2n) is 5.65. The zero-order chi connectivity index (χ0) is 17.0. The van der Waals surface area contributed by atoms with Gasteiger partial charge in [0.05, 0.1) is 12.0 Å². The molecule has 0 aliphatic heterocycles. The van der Waals surface area contributed by atoms with Crippen molar-refractivity contribution in [2.75, 3.05) is 0 Å². The number of hydrogen-bond donors (Lipinski definition) is 2. The van der Waals surface area contributed by atoms with E-state index in [2.05, 4.69) is 6.58 Å². The lowest BCUT2D eigenvalue weighted by Crippen LogP contribution is -2.11. The molecule has 0 aliphatic rings. The van der Waals surface area contributed by atoms with Gasteiger partial charge in [0.2, 0.25) is 0 Å². The summed E-state index contributed by atoms with van der Waals surface area (Å²) in [7, 11) is 0.